The number of amides is 1. The Bertz CT molecular complexity index is 975. The zero-order chi connectivity index (χ0) is 19.6. The quantitative estimate of drug-likeness (QED) is 0.651. The van der Waals surface area contributed by atoms with Crippen molar-refractivity contribution in [1.29, 1.82) is 0 Å². The number of anilines is 1. The van der Waals surface area contributed by atoms with Crippen molar-refractivity contribution in [2.24, 2.45) is 0 Å². The van der Waals surface area contributed by atoms with Crippen LogP contribution in [0.15, 0.2) is 40.6 Å². The number of hydrogen-bond donors (Lipinski definition) is 1. The second-order valence-corrected chi connectivity index (χ2v) is 8.00. The van der Waals surface area contributed by atoms with Crippen LogP contribution < -0.4 is 10.1 Å². The molecule has 7 heteroatoms. The van der Waals surface area contributed by atoms with Crippen LogP contribution in [-0.4, -0.2) is 18.5 Å². The van der Waals surface area contributed by atoms with Gasteiger partial charge in [0.15, 0.2) is 0 Å². The average molecular weight is 448 g/mol. The second kappa shape index (κ2) is 8.10. The first-order valence-electron chi connectivity index (χ1n) is 8.33. The van der Waals surface area contributed by atoms with E-state index in [1.54, 1.807) is 19.1 Å². The van der Waals surface area contributed by atoms with Crippen molar-refractivity contribution in [3.63, 3.8) is 0 Å². The molecule has 0 saturated carbocycles. The number of benzene rings is 1. The zero-order valence-corrected chi connectivity index (χ0v) is 17.5. The van der Waals surface area contributed by atoms with Gasteiger partial charge in [-0.05, 0) is 56.7 Å². The molecular weight excluding hydrogens is 430 g/mol. The molecule has 0 radical (unpaired) electrons. The molecule has 1 aliphatic rings. The van der Waals surface area contributed by atoms with Gasteiger partial charge in [-0.1, -0.05) is 15.9 Å². The second-order valence-electron chi connectivity index (χ2n) is 5.86. The number of halogens is 1. The molecule has 2 heterocycles. The van der Waals surface area contributed by atoms with Crippen LogP contribution in [0.5, 0.6) is 5.75 Å². The van der Waals surface area contributed by atoms with E-state index in [1.807, 2.05) is 32.0 Å². The molecule has 0 spiro atoms. The number of nitrogens with one attached hydrogen (secondary N) is 1. The molecule has 0 saturated heterocycles. The van der Waals surface area contributed by atoms with Crippen LogP contribution in [-0.2, 0) is 9.53 Å². The molecule has 140 valence electrons. The number of ether oxygens (including phenoxy) is 2. The molecule has 1 N–H and O–H groups in total. The van der Waals surface area contributed by atoms with Gasteiger partial charge in [-0.25, -0.2) is 4.79 Å². The summed E-state index contributed by atoms with van der Waals surface area (Å²) in [6, 6.07) is 5.57. The van der Waals surface area contributed by atoms with Crippen LogP contribution in [0, 0.1) is 13.8 Å². The van der Waals surface area contributed by atoms with Gasteiger partial charge >= 0.3 is 5.97 Å². The fourth-order valence-corrected chi connectivity index (χ4v) is 4.04. The van der Waals surface area contributed by atoms with E-state index in [2.05, 4.69) is 21.2 Å². The van der Waals surface area contributed by atoms with Gasteiger partial charge in [-0.2, -0.15) is 0 Å². The lowest BCUT2D eigenvalue weighted by Crippen LogP contribution is -2.15. The largest absolute Gasteiger partial charge is 0.464 e. The van der Waals surface area contributed by atoms with Gasteiger partial charge < -0.3 is 14.8 Å². The molecule has 1 aromatic carbocycles. The van der Waals surface area contributed by atoms with E-state index in [0.717, 1.165) is 20.5 Å². The number of rotatable bonds is 4. The smallest absolute Gasteiger partial charge is 0.341 e. The van der Waals surface area contributed by atoms with E-state index in [4.69, 9.17) is 9.47 Å². The van der Waals surface area contributed by atoms with E-state index in [-0.39, 0.29) is 12.5 Å². The lowest BCUT2D eigenvalue weighted by molar-refractivity contribution is -0.112. The fraction of sp³-hybridized carbons (Fsp3) is 0.200. The summed E-state index contributed by atoms with van der Waals surface area (Å²) in [5, 5.41) is 3.33. The van der Waals surface area contributed by atoms with Gasteiger partial charge in [0.1, 0.15) is 10.8 Å². The molecule has 27 heavy (non-hydrogen) atoms. The van der Waals surface area contributed by atoms with Crippen molar-refractivity contribution in [2.45, 2.75) is 20.8 Å². The molecule has 1 amide bonds. The molecule has 1 aliphatic heterocycles. The predicted molar refractivity (Wildman–Crippen MR) is 110 cm³/mol. The summed E-state index contributed by atoms with van der Waals surface area (Å²) in [6.45, 7) is 5.78. The maximum atomic E-state index is 12.8. The number of hydrogen-bond acceptors (Lipinski definition) is 5. The summed E-state index contributed by atoms with van der Waals surface area (Å²) >= 11 is 4.78. The molecular formula is C20H18BrNO4S. The SMILES string of the molecule is CCOC(=O)c1c(NC(=O)C2=Cc3cc(Br)ccc3OC=C2)sc(C)c1C. The number of fused-ring (bicyclic) bond motifs is 1. The Labute approximate surface area is 169 Å². The molecule has 2 aromatic rings. The Morgan fingerprint density at radius 3 is 2.81 bits per heavy atom. The standard InChI is InChI=1S/C20H18BrNO4S/c1-4-25-20(24)17-11(2)12(3)27-19(17)22-18(23)13-7-8-26-16-6-5-15(21)10-14(16)9-13/h5-10H,4H2,1-3H3,(H,22,23). The van der Waals surface area contributed by atoms with Crippen LogP contribution >= 0.6 is 27.3 Å². The Balaban J connectivity index is 1.92. The lowest BCUT2D eigenvalue weighted by atomic mass is 10.1. The van der Waals surface area contributed by atoms with E-state index >= 15 is 0 Å². The Morgan fingerprint density at radius 1 is 1.30 bits per heavy atom. The van der Waals surface area contributed by atoms with E-state index < -0.39 is 5.97 Å². The van der Waals surface area contributed by atoms with Crippen LogP contribution in [0.4, 0.5) is 5.00 Å². The number of carbonyl (C=O) groups is 2. The Hall–Kier alpha value is -2.38. The molecule has 3 rings (SSSR count). The van der Waals surface area contributed by atoms with E-state index in [1.165, 1.54) is 17.6 Å². The molecule has 0 fully saturated rings. The van der Waals surface area contributed by atoms with Crippen LogP contribution in [0.25, 0.3) is 6.08 Å². The highest BCUT2D eigenvalue weighted by Gasteiger charge is 2.23. The van der Waals surface area contributed by atoms with Crippen LogP contribution in [0.1, 0.15) is 33.3 Å². The number of aryl methyl sites for hydroxylation is 1. The summed E-state index contributed by atoms with van der Waals surface area (Å²) < 4.78 is 11.6. The van der Waals surface area contributed by atoms with E-state index in [9.17, 15) is 9.59 Å². The number of thiophene rings is 1. The Kier molecular flexibility index (Phi) is 5.82. The first-order valence-corrected chi connectivity index (χ1v) is 9.94. The summed E-state index contributed by atoms with van der Waals surface area (Å²) in [6.07, 6.45) is 4.82. The monoisotopic (exact) mass is 447 g/mol. The maximum absolute atomic E-state index is 12.8. The molecule has 0 bridgehead atoms. The highest BCUT2D eigenvalue weighted by atomic mass is 79.9. The highest BCUT2D eigenvalue weighted by Crippen LogP contribution is 2.34. The third-order valence-corrected chi connectivity index (χ3v) is 5.70. The van der Waals surface area contributed by atoms with Crippen molar-refractivity contribution in [1.82, 2.24) is 0 Å². The van der Waals surface area contributed by atoms with Gasteiger partial charge in [0.2, 0.25) is 0 Å². The minimum atomic E-state index is -0.433. The third kappa shape index (κ3) is 4.14. The van der Waals surface area contributed by atoms with Gasteiger partial charge in [0.25, 0.3) is 5.91 Å². The molecule has 1 aromatic heterocycles. The Morgan fingerprint density at radius 2 is 2.07 bits per heavy atom. The minimum Gasteiger partial charge on any atom is -0.464 e. The molecule has 0 unspecified atom stereocenters. The maximum Gasteiger partial charge on any atom is 0.341 e. The molecule has 5 nitrogen and oxygen atoms in total. The topological polar surface area (TPSA) is 64.6 Å². The lowest BCUT2D eigenvalue weighted by Gasteiger charge is -2.07. The van der Waals surface area contributed by atoms with Crippen LogP contribution in [0.2, 0.25) is 0 Å². The van der Waals surface area contributed by atoms with Crippen LogP contribution in [0.3, 0.4) is 0 Å². The normalized spacial score (nSPS) is 12.5. The van der Waals surface area contributed by atoms with Crippen molar-refractivity contribution < 1.29 is 19.1 Å². The van der Waals surface area contributed by atoms with Crippen molar-refractivity contribution in [2.75, 3.05) is 11.9 Å². The fourth-order valence-electron chi connectivity index (χ4n) is 2.62. The summed E-state index contributed by atoms with van der Waals surface area (Å²) in [5.41, 5.74) is 2.43. The van der Waals surface area contributed by atoms with Gasteiger partial charge in [-0.3, -0.25) is 4.79 Å². The molecule has 0 atom stereocenters. The number of esters is 1. The predicted octanol–water partition coefficient (Wildman–Crippen LogP) is 5.23. The highest BCUT2D eigenvalue weighted by molar-refractivity contribution is 9.10. The van der Waals surface area contributed by atoms with Gasteiger partial charge in [0.05, 0.1) is 18.4 Å². The third-order valence-electron chi connectivity index (χ3n) is 4.08. The van der Waals surface area contributed by atoms with Crippen molar-refractivity contribution in [3.05, 3.63) is 62.2 Å². The summed E-state index contributed by atoms with van der Waals surface area (Å²) in [5.74, 6) is -0.0978. The average Bonchev–Trinajstić information content (AvgIpc) is 2.79. The van der Waals surface area contributed by atoms with Crippen molar-refractivity contribution >= 4 is 50.2 Å². The summed E-state index contributed by atoms with van der Waals surface area (Å²) in [7, 11) is 0. The van der Waals surface area contributed by atoms with E-state index in [0.29, 0.717) is 21.9 Å². The molecule has 0 aliphatic carbocycles. The van der Waals surface area contributed by atoms with Crippen molar-refractivity contribution in [3.8, 4) is 5.75 Å². The summed E-state index contributed by atoms with van der Waals surface area (Å²) in [4.78, 5) is 26.1. The first kappa shape index (κ1) is 19.4. The minimum absolute atomic E-state index is 0.275. The first-order chi connectivity index (χ1) is 12.9. The van der Waals surface area contributed by atoms with Gasteiger partial charge in [-0.15, -0.1) is 11.3 Å². The number of carbonyl (C=O) groups excluding carboxylic acids is 2. The van der Waals surface area contributed by atoms with Gasteiger partial charge in [0, 0.05) is 20.5 Å². The zero-order valence-electron chi connectivity index (χ0n) is 15.1.